The van der Waals surface area contributed by atoms with Gasteiger partial charge in [-0.3, -0.25) is 4.79 Å². The summed E-state index contributed by atoms with van der Waals surface area (Å²) in [6.07, 6.45) is 1.39. The number of nitrogens with zero attached hydrogens (tertiary/aromatic N) is 2. The van der Waals surface area contributed by atoms with E-state index in [1.54, 1.807) is 24.3 Å². The van der Waals surface area contributed by atoms with E-state index in [1.807, 2.05) is 0 Å². The maximum absolute atomic E-state index is 11.8. The minimum absolute atomic E-state index is 0.188. The molecule has 0 aliphatic heterocycles. The zero-order valence-corrected chi connectivity index (χ0v) is 11.3. The van der Waals surface area contributed by atoms with E-state index in [0.29, 0.717) is 16.3 Å². The topological polar surface area (TPSA) is 90.4 Å². The van der Waals surface area contributed by atoms with Gasteiger partial charge in [-0.2, -0.15) is 0 Å². The first-order valence-corrected chi connectivity index (χ1v) is 6.35. The van der Waals surface area contributed by atoms with Crippen molar-refractivity contribution in [1.29, 1.82) is 0 Å². The molecule has 0 aliphatic carbocycles. The average Bonchev–Trinajstić information content (AvgIpc) is 2.99. The molecule has 1 amide bonds. The van der Waals surface area contributed by atoms with Crippen LogP contribution >= 0.6 is 11.5 Å². The molecule has 1 aromatic carbocycles. The molecule has 0 aliphatic rings. The molecule has 8 heteroatoms. The van der Waals surface area contributed by atoms with Crippen molar-refractivity contribution in [2.24, 2.45) is 0 Å². The molecule has 104 valence electrons. The van der Waals surface area contributed by atoms with E-state index in [4.69, 9.17) is 4.74 Å². The normalized spacial score (nSPS) is 9.85. The van der Waals surface area contributed by atoms with Crippen molar-refractivity contribution >= 4 is 29.1 Å². The molecule has 0 spiro atoms. The first kappa shape index (κ1) is 13.9. The molecule has 1 N–H and O–H groups in total. The molecule has 20 heavy (non-hydrogen) atoms. The number of carbonyl (C=O) groups excluding carboxylic acids is 2. The minimum Gasteiger partial charge on any atom is -0.482 e. The average molecular weight is 293 g/mol. The van der Waals surface area contributed by atoms with Crippen molar-refractivity contribution < 1.29 is 19.1 Å². The molecule has 0 radical (unpaired) electrons. The van der Waals surface area contributed by atoms with E-state index >= 15 is 0 Å². The summed E-state index contributed by atoms with van der Waals surface area (Å²) in [5, 5.41) is 6.27. The van der Waals surface area contributed by atoms with Crippen LogP contribution in [-0.2, 0) is 9.53 Å². The van der Waals surface area contributed by atoms with Gasteiger partial charge in [-0.05, 0) is 23.7 Å². The van der Waals surface area contributed by atoms with Gasteiger partial charge in [0.25, 0.3) is 5.91 Å². The summed E-state index contributed by atoms with van der Waals surface area (Å²) < 4.78 is 13.3. The number of benzene rings is 1. The summed E-state index contributed by atoms with van der Waals surface area (Å²) in [6.45, 7) is -0.188. The lowest BCUT2D eigenvalue weighted by atomic mass is 10.3. The van der Waals surface area contributed by atoms with Crippen LogP contribution in [0, 0.1) is 0 Å². The van der Waals surface area contributed by atoms with Gasteiger partial charge in [-0.15, -0.1) is 5.10 Å². The van der Waals surface area contributed by atoms with E-state index < -0.39 is 5.97 Å². The second-order valence-electron chi connectivity index (χ2n) is 3.63. The zero-order chi connectivity index (χ0) is 14.4. The first-order valence-electron chi connectivity index (χ1n) is 5.57. The number of amides is 1. The van der Waals surface area contributed by atoms with E-state index in [9.17, 15) is 9.59 Å². The molecule has 1 heterocycles. The van der Waals surface area contributed by atoms with Crippen LogP contribution in [0.25, 0.3) is 0 Å². The van der Waals surface area contributed by atoms with Crippen molar-refractivity contribution in [3.63, 3.8) is 0 Å². The number of carbonyl (C=O) groups is 2. The van der Waals surface area contributed by atoms with Gasteiger partial charge in [-0.25, -0.2) is 4.79 Å². The summed E-state index contributed by atoms with van der Waals surface area (Å²) in [7, 11) is 1.28. The lowest BCUT2D eigenvalue weighted by Crippen LogP contribution is -2.13. The Morgan fingerprint density at radius 2 is 2.25 bits per heavy atom. The number of methoxy groups -OCH3 is 1. The second-order valence-corrected chi connectivity index (χ2v) is 4.41. The molecule has 0 bridgehead atoms. The van der Waals surface area contributed by atoms with E-state index in [0.717, 1.165) is 11.5 Å². The molecular formula is C12H11N3O4S. The van der Waals surface area contributed by atoms with E-state index in [-0.39, 0.29) is 12.5 Å². The zero-order valence-electron chi connectivity index (χ0n) is 10.5. The van der Waals surface area contributed by atoms with Crippen LogP contribution in [0.1, 0.15) is 9.67 Å². The van der Waals surface area contributed by atoms with Crippen molar-refractivity contribution in [2.75, 3.05) is 19.0 Å². The van der Waals surface area contributed by atoms with Crippen LogP contribution in [0.5, 0.6) is 5.75 Å². The number of esters is 1. The van der Waals surface area contributed by atoms with Gasteiger partial charge in [0.1, 0.15) is 10.6 Å². The Balaban J connectivity index is 1.99. The van der Waals surface area contributed by atoms with E-state index in [2.05, 4.69) is 19.6 Å². The minimum atomic E-state index is -0.477. The molecule has 7 nitrogen and oxygen atoms in total. The standard InChI is InChI=1S/C12H11N3O4S/c1-18-11(16)7-19-9-4-2-3-8(5-9)14-12(17)10-6-13-15-20-10/h2-6H,7H2,1H3,(H,14,17). The molecule has 0 atom stereocenters. The Bertz CT molecular complexity index is 601. The highest BCUT2D eigenvalue weighted by molar-refractivity contribution is 7.07. The molecule has 2 rings (SSSR count). The fourth-order valence-corrected chi connectivity index (χ4v) is 1.74. The third-order valence-corrected chi connectivity index (χ3v) is 2.92. The van der Waals surface area contributed by atoms with Crippen molar-refractivity contribution in [3.05, 3.63) is 35.3 Å². The maximum atomic E-state index is 11.8. The Hall–Kier alpha value is -2.48. The maximum Gasteiger partial charge on any atom is 0.343 e. The monoisotopic (exact) mass is 293 g/mol. The highest BCUT2D eigenvalue weighted by Crippen LogP contribution is 2.18. The SMILES string of the molecule is COC(=O)COc1cccc(NC(=O)c2cnns2)c1. The van der Waals surface area contributed by atoms with Gasteiger partial charge in [0, 0.05) is 11.8 Å². The number of rotatable bonds is 5. The summed E-state index contributed by atoms with van der Waals surface area (Å²) >= 11 is 1.01. The largest absolute Gasteiger partial charge is 0.482 e. The number of anilines is 1. The quantitative estimate of drug-likeness (QED) is 0.837. The Labute approximate surface area is 118 Å². The van der Waals surface area contributed by atoms with Gasteiger partial charge in [0.05, 0.1) is 13.3 Å². The van der Waals surface area contributed by atoms with Crippen LogP contribution in [0.15, 0.2) is 30.5 Å². The van der Waals surface area contributed by atoms with Crippen molar-refractivity contribution in [1.82, 2.24) is 9.59 Å². The number of hydrogen-bond donors (Lipinski definition) is 1. The smallest absolute Gasteiger partial charge is 0.343 e. The Morgan fingerprint density at radius 1 is 1.40 bits per heavy atom. The summed E-state index contributed by atoms with van der Waals surface area (Å²) in [6, 6.07) is 6.69. The number of aromatic nitrogens is 2. The van der Waals surface area contributed by atoms with Crippen LogP contribution in [-0.4, -0.2) is 35.2 Å². The Kier molecular flexibility index (Phi) is 4.61. The van der Waals surface area contributed by atoms with Gasteiger partial charge < -0.3 is 14.8 Å². The molecule has 0 saturated heterocycles. The predicted octanol–water partition coefficient (Wildman–Crippen LogP) is 1.34. The number of nitrogens with one attached hydrogen (secondary N) is 1. The molecule has 0 fully saturated rings. The van der Waals surface area contributed by atoms with Crippen molar-refractivity contribution in [2.45, 2.75) is 0 Å². The van der Waals surface area contributed by atoms with Crippen LogP contribution in [0.3, 0.4) is 0 Å². The summed E-state index contributed by atoms with van der Waals surface area (Å²) in [4.78, 5) is 23.2. The van der Waals surface area contributed by atoms with Crippen LogP contribution in [0.2, 0.25) is 0 Å². The lowest BCUT2D eigenvalue weighted by molar-refractivity contribution is -0.142. The van der Waals surface area contributed by atoms with Crippen molar-refractivity contribution in [3.8, 4) is 5.75 Å². The second kappa shape index (κ2) is 6.62. The fraction of sp³-hybridized carbons (Fsp3) is 0.167. The fourth-order valence-electron chi connectivity index (χ4n) is 1.32. The highest BCUT2D eigenvalue weighted by Gasteiger charge is 2.09. The van der Waals surface area contributed by atoms with Gasteiger partial charge >= 0.3 is 5.97 Å². The first-order chi connectivity index (χ1) is 9.69. The Morgan fingerprint density at radius 3 is 2.95 bits per heavy atom. The third kappa shape index (κ3) is 3.75. The van der Waals surface area contributed by atoms with Gasteiger partial charge in [0.2, 0.25) is 0 Å². The lowest BCUT2D eigenvalue weighted by Gasteiger charge is -2.07. The summed E-state index contributed by atoms with van der Waals surface area (Å²) in [5.74, 6) is -0.323. The molecule has 2 aromatic rings. The molecule has 0 saturated carbocycles. The third-order valence-electron chi connectivity index (χ3n) is 2.26. The highest BCUT2D eigenvalue weighted by atomic mass is 32.1. The van der Waals surface area contributed by atoms with Crippen LogP contribution in [0.4, 0.5) is 5.69 Å². The molecular weight excluding hydrogens is 282 g/mol. The van der Waals surface area contributed by atoms with E-state index in [1.165, 1.54) is 13.3 Å². The molecule has 1 aromatic heterocycles. The van der Waals surface area contributed by atoms with Gasteiger partial charge in [-0.1, -0.05) is 10.6 Å². The number of hydrogen-bond acceptors (Lipinski definition) is 7. The molecule has 0 unspecified atom stereocenters. The predicted molar refractivity (Wildman–Crippen MR) is 71.8 cm³/mol. The summed E-state index contributed by atoms with van der Waals surface area (Å²) in [5.41, 5.74) is 0.547. The van der Waals surface area contributed by atoms with Gasteiger partial charge in [0.15, 0.2) is 6.61 Å². The number of ether oxygens (including phenoxy) is 2. The van der Waals surface area contributed by atoms with Crippen LogP contribution < -0.4 is 10.1 Å².